The van der Waals surface area contributed by atoms with E-state index < -0.39 is 11.9 Å². The van der Waals surface area contributed by atoms with E-state index in [2.05, 4.69) is 10.5 Å². The number of hydrogen-bond acceptors (Lipinski definition) is 8. The number of rotatable bonds is 10. The molecule has 9 nitrogen and oxygen atoms in total. The molecule has 0 aliphatic carbocycles. The molecule has 4 aromatic carbocycles. The lowest BCUT2D eigenvalue weighted by atomic mass is 10.1. The lowest BCUT2D eigenvalue weighted by Crippen LogP contribution is -2.24. The van der Waals surface area contributed by atoms with Crippen LogP contribution < -0.4 is 29.1 Å². The first-order chi connectivity index (χ1) is 18.5. The van der Waals surface area contributed by atoms with Crippen LogP contribution in [0.1, 0.15) is 15.9 Å². The predicted octanol–water partition coefficient (Wildman–Crippen LogP) is 4.61. The minimum atomic E-state index is -0.593. The minimum Gasteiger partial charge on any atom is -0.493 e. The Morgan fingerprint density at radius 3 is 2.18 bits per heavy atom. The van der Waals surface area contributed by atoms with Crippen molar-refractivity contribution in [2.45, 2.75) is 0 Å². The Hall–Kier alpha value is -5.05. The van der Waals surface area contributed by atoms with E-state index in [9.17, 15) is 9.59 Å². The van der Waals surface area contributed by atoms with Crippen molar-refractivity contribution in [1.29, 1.82) is 0 Å². The van der Waals surface area contributed by atoms with Crippen molar-refractivity contribution in [1.82, 2.24) is 5.43 Å². The molecule has 0 saturated heterocycles. The van der Waals surface area contributed by atoms with Gasteiger partial charge in [0, 0.05) is 5.39 Å². The van der Waals surface area contributed by atoms with Gasteiger partial charge in [0.25, 0.3) is 5.91 Å². The molecule has 0 unspecified atom stereocenters. The van der Waals surface area contributed by atoms with Gasteiger partial charge in [-0.25, -0.2) is 10.2 Å². The van der Waals surface area contributed by atoms with E-state index in [0.29, 0.717) is 34.3 Å². The number of fused-ring (bicyclic) bond motifs is 1. The smallest absolute Gasteiger partial charge is 0.343 e. The van der Waals surface area contributed by atoms with Gasteiger partial charge in [-0.15, -0.1) is 0 Å². The number of ether oxygens (including phenoxy) is 5. The van der Waals surface area contributed by atoms with Gasteiger partial charge in [-0.05, 0) is 53.4 Å². The zero-order valence-electron chi connectivity index (χ0n) is 21.1. The maximum atomic E-state index is 12.7. The van der Waals surface area contributed by atoms with Gasteiger partial charge in [-0.3, -0.25) is 4.79 Å². The van der Waals surface area contributed by atoms with Crippen LogP contribution in [0.5, 0.6) is 28.7 Å². The van der Waals surface area contributed by atoms with Crippen molar-refractivity contribution >= 4 is 28.9 Å². The van der Waals surface area contributed by atoms with Crippen molar-refractivity contribution in [2.75, 3.05) is 27.9 Å². The first-order valence-corrected chi connectivity index (χ1v) is 11.6. The van der Waals surface area contributed by atoms with Crippen LogP contribution in [0, 0.1) is 0 Å². The van der Waals surface area contributed by atoms with Crippen LogP contribution in [0.3, 0.4) is 0 Å². The molecule has 0 spiro atoms. The maximum absolute atomic E-state index is 12.7. The fraction of sp³-hybridized carbons (Fsp3) is 0.138. The highest BCUT2D eigenvalue weighted by Crippen LogP contribution is 2.38. The molecule has 0 fully saturated rings. The van der Waals surface area contributed by atoms with Crippen LogP contribution in [-0.4, -0.2) is 46.0 Å². The second kappa shape index (κ2) is 12.3. The first-order valence-electron chi connectivity index (χ1n) is 11.6. The predicted molar refractivity (Wildman–Crippen MR) is 143 cm³/mol. The highest BCUT2D eigenvalue weighted by molar-refractivity contribution is 5.93. The van der Waals surface area contributed by atoms with Crippen LogP contribution in [0.4, 0.5) is 0 Å². The van der Waals surface area contributed by atoms with Gasteiger partial charge >= 0.3 is 5.97 Å². The average molecular weight is 515 g/mol. The fourth-order valence-corrected chi connectivity index (χ4v) is 3.66. The molecule has 0 aliphatic rings. The Bertz CT molecular complexity index is 1440. The summed E-state index contributed by atoms with van der Waals surface area (Å²) >= 11 is 0. The number of nitrogens with zero attached hydrogens (tertiary/aromatic N) is 1. The molecule has 0 aliphatic heterocycles. The van der Waals surface area contributed by atoms with Crippen LogP contribution in [0.15, 0.2) is 84.0 Å². The summed E-state index contributed by atoms with van der Waals surface area (Å²) in [6.07, 6.45) is 1.47. The zero-order valence-corrected chi connectivity index (χ0v) is 21.1. The van der Waals surface area contributed by atoms with E-state index >= 15 is 0 Å². The first kappa shape index (κ1) is 26.0. The third kappa shape index (κ3) is 6.19. The Morgan fingerprint density at radius 1 is 0.816 bits per heavy atom. The van der Waals surface area contributed by atoms with Gasteiger partial charge in [-0.1, -0.05) is 36.4 Å². The molecule has 194 valence electrons. The lowest BCUT2D eigenvalue weighted by Gasteiger charge is -2.13. The average Bonchev–Trinajstić information content (AvgIpc) is 2.96. The van der Waals surface area contributed by atoms with E-state index in [1.54, 1.807) is 24.3 Å². The van der Waals surface area contributed by atoms with Gasteiger partial charge in [0.05, 0.1) is 33.1 Å². The molecule has 0 heterocycles. The SMILES string of the molecule is COc1cc(C(=O)Oc2ccc(C=NNC(=O)COc3cccc4ccccc34)cc2)cc(OC)c1OC. The topological polar surface area (TPSA) is 105 Å². The van der Waals surface area contributed by atoms with Gasteiger partial charge in [0.1, 0.15) is 11.5 Å². The molecule has 0 bridgehead atoms. The van der Waals surface area contributed by atoms with Crippen LogP contribution in [0.2, 0.25) is 0 Å². The molecule has 1 amide bonds. The number of hydrazone groups is 1. The number of amides is 1. The van der Waals surface area contributed by atoms with E-state index in [4.69, 9.17) is 23.7 Å². The minimum absolute atomic E-state index is 0.179. The highest BCUT2D eigenvalue weighted by atomic mass is 16.5. The maximum Gasteiger partial charge on any atom is 0.343 e. The summed E-state index contributed by atoms with van der Waals surface area (Å²) < 4.78 is 26.9. The standard InChI is InChI=1S/C29H26N2O7/c1-34-25-15-21(16-26(35-2)28(25)36-3)29(33)38-22-13-11-19(12-14-22)17-30-31-27(32)18-37-24-10-6-8-20-7-4-5-9-23(20)24/h4-17H,18H2,1-3H3,(H,31,32). The molecule has 0 saturated carbocycles. The third-order valence-corrected chi connectivity index (χ3v) is 5.50. The van der Waals surface area contributed by atoms with Crippen molar-refractivity contribution in [3.63, 3.8) is 0 Å². The number of esters is 1. The van der Waals surface area contributed by atoms with E-state index in [-0.39, 0.29) is 12.2 Å². The third-order valence-electron chi connectivity index (χ3n) is 5.50. The van der Waals surface area contributed by atoms with E-state index in [1.807, 2.05) is 42.5 Å². The van der Waals surface area contributed by atoms with Crippen molar-refractivity contribution in [3.8, 4) is 28.7 Å². The Balaban J connectivity index is 1.31. The number of benzene rings is 4. The molecule has 0 radical (unpaired) electrons. The summed E-state index contributed by atoms with van der Waals surface area (Å²) in [6.45, 7) is -0.179. The summed E-state index contributed by atoms with van der Waals surface area (Å²) in [6, 6.07) is 23.1. The molecule has 4 rings (SSSR count). The summed E-state index contributed by atoms with van der Waals surface area (Å²) in [4.78, 5) is 24.8. The molecular weight excluding hydrogens is 488 g/mol. The molecule has 38 heavy (non-hydrogen) atoms. The quantitative estimate of drug-likeness (QED) is 0.143. The Labute approximate surface area is 219 Å². The molecule has 4 aromatic rings. The van der Waals surface area contributed by atoms with Gasteiger partial charge in [-0.2, -0.15) is 5.10 Å². The molecule has 9 heteroatoms. The van der Waals surface area contributed by atoms with E-state index in [0.717, 1.165) is 10.8 Å². The van der Waals surface area contributed by atoms with Crippen molar-refractivity contribution in [3.05, 3.63) is 90.0 Å². The molecule has 0 aromatic heterocycles. The summed E-state index contributed by atoms with van der Waals surface area (Å²) in [7, 11) is 4.41. The second-order valence-corrected chi connectivity index (χ2v) is 7.93. The number of methoxy groups -OCH3 is 3. The van der Waals surface area contributed by atoms with Crippen LogP contribution >= 0.6 is 0 Å². The number of nitrogens with one attached hydrogen (secondary N) is 1. The lowest BCUT2D eigenvalue weighted by molar-refractivity contribution is -0.123. The number of hydrogen-bond donors (Lipinski definition) is 1. The van der Waals surface area contributed by atoms with E-state index in [1.165, 1.54) is 39.7 Å². The Morgan fingerprint density at radius 2 is 1.50 bits per heavy atom. The second-order valence-electron chi connectivity index (χ2n) is 7.93. The van der Waals surface area contributed by atoms with Crippen molar-refractivity contribution in [2.24, 2.45) is 5.10 Å². The van der Waals surface area contributed by atoms with Crippen LogP contribution in [-0.2, 0) is 4.79 Å². The fourth-order valence-electron chi connectivity index (χ4n) is 3.66. The summed E-state index contributed by atoms with van der Waals surface area (Å²) in [5.41, 5.74) is 3.36. The number of carbonyl (C=O) groups is 2. The van der Waals surface area contributed by atoms with Gasteiger partial charge in [0.2, 0.25) is 5.75 Å². The summed E-state index contributed by atoms with van der Waals surface area (Å²) in [5.74, 6) is 1.02. The van der Waals surface area contributed by atoms with Gasteiger partial charge < -0.3 is 23.7 Å². The van der Waals surface area contributed by atoms with Crippen LogP contribution in [0.25, 0.3) is 10.8 Å². The van der Waals surface area contributed by atoms with Gasteiger partial charge in [0.15, 0.2) is 18.1 Å². The monoisotopic (exact) mass is 514 g/mol. The zero-order chi connectivity index (χ0) is 26.9. The molecular formula is C29H26N2O7. The summed E-state index contributed by atoms with van der Waals surface area (Å²) in [5, 5.41) is 5.91. The number of carbonyl (C=O) groups excluding carboxylic acids is 2. The largest absolute Gasteiger partial charge is 0.493 e. The van der Waals surface area contributed by atoms with Crippen molar-refractivity contribution < 1.29 is 33.3 Å². The molecule has 1 N–H and O–H groups in total. The highest BCUT2D eigenvalue weighted by Gasteiger charge is 2.18. The molecule has 0 atom stereocenters. The normalized spacial score (nSPS) is 10.7. The Kier molecular flexibility index (Phi) is 8.40.